The molecule has 1 atom stereocenters. The van der Waals surface area contributed by atoms with Crippen LogP contribution in [0.2, 0.25) is 5.02 Å². The summed E-state index contributed by atoms with van der Waals surface area (Å²) >= 11 is 7.61. The van der Waals surface area contributed by atoms with E-state index in [1.54, 1.807) is 11.8 Å². The van der Waals surface area contributed by atoms with E-state index < -0.39 is 5.60 Å². The smallest absolute Gasteiger partial charge is 0.113 e. The lowest BCUT2D eigenvalue weighted by atomic mass is 10.1. The molecule has 1 aromatic rings. The van der Waals surface area contributed by atoms with Crippen molar-refractivity contribution in [2.45, 2.75) is 10.5 Å². The predicted molar refractivity (Wildman–Crippen MR) is 83.7 cm³/mol. The minimum absolute atomic E-state index is 0.386. The minimum Gasteiger partial charge on any atom is -0.385 e. The van der Waals surface area contributed by atoms with Crippen LogP contribution in [0.5, 0.6) is 0 Å². The van der Waals surface area contributed by atoms with Gasteiger partial charge in [0.15, 0.2) is 0 Å². The van der Waals surface area contributed by atoms with E-state index in [0.717, 1.165) is 23.9 Å². The Morgan fingerprint density at radius 2 is 2.20 bits per heavy atom. The molecule has 4 nitrogen and oxygen atoms in total. The van der Waals surface area contributed by atoms with Crippen molar-refractivity contribution in [3.63, 3.8) is 0 Å². The molecule has 1 saturated heterocycles. The molecule has 0 spiro atoms. The second kappa shape index (κ2) is 8.22. The Balaban J connectivity index is 1.62. The van der Waals surface area contributed by atoms with Gasteiger partial charge in [0.05, 0.1) is 13.2 Å². The van der Waals surface area contributed by atoms with Gasteiger partial charge in [0.1, 0.15) is 5.60 Å². The predicted octanol–water partition coefficient (Wildman–Crippen LogP) is 1.37. The van der Waals surface area contributed by atoms with Crippen LogP contribution in [-0.4, -0.2) is 55.9 Å². The first-order valence-electron chi connectivity index (χ1n) is 6.78. The SMILES string of the molecule is O[C@]1(CNCCSc2ccc(Cl)cc2)CNCCOC1. The molecule has 0 unspecified atom stereocenters. The molecule has 0 aromatic heterocycles. The zero-order valence-electron chi connectivity index (χ0n) is 11.4. The largest absolute Gasteiger partial charge is 0.385 e. The molecular weight excluding hydrogens is 296 g/mol. The molecule has 6 heteroatoms. The lowest BCUT2D eigenvalue weighted by Crippen LogP contribution is -2.50. The van der Waals surface area contributed by atoms with Crippen LogP contribution in [0.1, 0.15) is 0 Å². The highest BCUT2D eigenvalue weighted by Crippen LogP contribution is 2.19. The third-order valence-electron chi connectivity index (χ3n) is 3.06. The number of β-amino-alcohol motifs (C(OH)–C–C–N with tert-alkyl or cyclic N) is 1. The van der Waals surface area contributed by atoms with Gasteiger partial charge in [0.2, 0.25) is 0 Å². The maximum absolute atomic E-state index is 10.3. The molecule has 1 fully saturated rings. The first-order valence-corrected chi connectivity index (χ1v) is 8.14. The van der Waals surface area contributed by atoms with Crippen LogP contribution in [0.3, 0.4) is 0 Å². The Labute approximate surface area is 129 Å². The summed E-state index contributed by atoms with van der Waals surface area (Å²) in [5.41, 5.74) is -0.804. The van der Waals surface area contributed by atoms with Gasteiger partial charge in [-0.3, -0.25) is 0 Å². The van der Waals surface area contributed by atoms with Crippen molar-refractivity contribution in [3.8, 4) is 0 Å². The number of aliphatic hydroxyl groups is 1. The number of hydrogen-bond acceptors (Lipinski definition) is 5. The van der Waals surface area contributed by atoms with E-state index in [4.69, 9.17) is 16.3 Å². The number of rotatable bonds is 6. The van der Waals surface area contributed by atoms with Gasteiger partial charge in [-0.15, -0.1) is 11.8 Å². The Kier molecular flexibility index (Phi) is 6.61. The second-order valence-electron chi connectivity index (χ2n) is 4.93. The van der Waals surface area contributed by atoms with Crippen molar-refractivity contribution in [2.75, 3.05) is 45.1 Å². The number of nitrogens with one attached hydrogen (secondary N) is 2. The topological polar surface area (TPSA) is 53.5 Å². The number of halogens is 1. The minimum atomic E-state index is -0.804. The van der Waals surface area contributed by atoms with Crippen LogP contribution in [0.15, 0.2) is 29.2 Å². The fourth-order valence-corrected chi connectivity index (χ4v) is 2.92. The van der Waals surface area contributed by atoms with Crippen LogP contribution in [0, 0.1) is 0 Å². The average molecular weight is 317 g/mol. The molecule has 2 rings (SSSR count). The van der Waals surface area contributed by atoms with E-state index in [0.29, 0.717) is 26.3 Å². The van der Waals surface area contributed by atoms with Crippen molar-refractivity contribution in [3.05, 3.63) is 29.3 Å². The average Bonchev–Trinajstić information content (AvgIpc) is 2.66. The van der Waals surface area contributed by atoms with Crippen LogP contribution >= 0.6 is 23.4 Å². The van der Waals surface area contributed by atoms with Gasteiger partial charge in [-0.1, -0.05) is 11.6 Å². The van der Waals surface area contributed by atoms with Gasteiger partial charge >= 0.3 is 0 Å². The highest BCUT2D eigenvalue weighted by atomic mass is 35.5. The summed E-state index contributed by atoms with van der Waals surface area (Å²) in [4.78, 5) is 1.20. The molecule has 0 amide bonds. The third-order valence-corrected chi connectivity index (χ3v) is 4.33. The van der Waals surface area contributed by atoms with Gasteiger partial charge < -0.3 is 20.5 Å². The Hall–Kier alpha value is -0.300. The summed E-state index contributed by atoms with van der Waals surface area (Å²) < 4.78 is 5.38. The Bertz CT molecular complexity index is 395. The van der Waals surface area contributed by atoms with E-state index in [1.165, 1.54) is 4.90 Å². The van der Waals surface area contributed by atoms with Gasteiger partial charge in [-0.2, -0.15) is 0 Å². The Morgan fingerprint density at radius 1 is 1.40 bits per heavy atom. The van der Waals surface area contributed by atoms with Crippen LogP contribution < -0.4 is 10.6 Å². The van der Waals surface area contributed by atoms with Crippen molar-refractivity contribution < 1.29 is 9.84 Å². The maximum Gasteiger partial charge on any atom is 0.113 e. The van der Waals surface area contributed by atoms with E-state index in [-0.39, 0.29) is 0 Å². The van der Waals surface area contributed by atoms with Crippen LogP contribution in [0.25, 0.3) is 0 Å². The van der Waals surface area contributed by atoms with E-state index in [2.05, 4.69) is 10.6 Å². The van der Waals surface area contributed by atoms with E-state index in [9.17, 15) is 5.11 Å². The second-order valence-corrected chi connectivity index (χ2v) is 6.54. The zero-order valence-corrected chi connectivity index (χ0v) is 13.0. The summed E-state index contributed by atoms with van der Waals surface area (Å²) in [6, 6.07) is 7.83. The molecule has 1 aliphatic heterocycles. The molecule has 0 bridgehead atoms. The lowest BCUT2D eigenvalue weighted by Gasteiger charge is -2.26. The number of hydrogen-bond donors (Lipinski definition) is 3. The van der Waals surface area contributed by atoms with Crippen molar-refractivity contribution in [2.24, 2.45) is 0 Å². The van der Waals surface area contributed by atoms with E-state index >= 15 is 0 Å². The van der Waals surface area contributed by atoms with Crippen molar-refractivity contribution >= 4 is 23.4 Å². The summed E-state index contributed by atoms with van der Waals surface area (Å²) in [7, 11) is 0. The fourth-order valence-electron chi connectivity index (χ4n) is 1.99. The molecule has 0 radical (unpaired) electrons. The quantitative estimate of drug-likeness (QED) is 0.547. The van der Waals surface area contributed by atoms with Crippen LogP contribution in [-0.2, 0) is 4.74 Å². The monoisotopic (exact) mass is 316 g/mol. The molecule has 0 aliphatic carbocycles. The van der Waals surface area contributed by atoms with Crippen LogP contribution in [0.4, 0.5) is 0 Å². The van der Waals surface area contributed by atoms with Gasteiger partial charge in [0.25, 0.3) is 0 Å². The molecule has 112 valence electrons. The zero-order chi connectivity index (χ0) is 14.3. The summed E-state index contributed by atoms with van der Waals surface area (Å²) in [6.07, 6.45) is 0. The molecule has 0 saturated carbocycles. The Morgan fingerprint density at radius 3 is 3.00 bits per heavy atom. The van der Waals surface area contributed by atoms with Gasteiger partial charge in [-0.25, -0.2) is 0 Å². The van der Waals surface area contributed by atoms with Crippen molar-refractivity contribution in [1.82, 2.24) is 10.6 Å². The summed E-state index contributed by atoms with van der Waals surface area (Å²) in [5.74, 6) is 0.950. The van der Waals surface area contributed by atoms with Crippen molar-refractivity contribution in [1.29, 1.82) is 0 Å². The normalized spacial score (nSPS) is 23.5. The molecule has 20 heavy (non-hydrogen) atoms. The molecule has 3 N–H and O–H groups in total. The summed E-state index contributed by atoms with van der Waals surface area (Å²) in [5, 5.41) is 17.6. The lowest BCUT2D eigenvalue weighted by molar-refractivity contribution is -0.0258. The maximum atomic E-state index is 10.3. The molecule has 1 aromatic carbocycles. The standard InChI is InChI=1S/C14H21ClN2O2S/c15-12-1-3-13(4-2-12)20-8-6-17-10-14(18)9-16-5-7-19-11-14/h1-4,16-18H,5-11H2/t14-/m0/s1. The molecular formula is C14H21ClN2O2S. The number of thioether (sulfide) groups is 1. The van der Waals surface area contributed by atoms with Gasteiger partial charge in [0, 0.05) is 41.8 Å². The molecule has 1 aliphatic rings. The highest BCUT2D eigenvalue weighted by Gasteiger charge is 2.28. The highest BCUT2D eigenvalue weighted by molar-refractivity contribution is 7.99. The molecule has 1 heterocycles. The number of benzene rings is 1. The first kappa shape index (κ1) is 16.1. The van der Waals surface area contributed by atoms with E-state index in [1.807, 2.05) is 24.3 Å². The van der Waals surface area contributed by atoms with Gasteiger partial charge in [-0.05, 0) is 24.3 Å². The third kappa shape index (κ3) is 5.60. The number of ether oxygens (including phenoxy) is 1. The fraction of sp³-hybridized carbons (Fsp3) is 0.571. The summed E-state index contributed by atoms with van der Waals surface area (Å²) in [6.45, 7) is 3.81. The first-order chi connectivity index (χ1) is 9.68.